The van der Waals surface area contributed by atoms with E-state index >= 15 is 0 Å². The van der Waals surface area contributed by atoms with Gasteiger partial charge in [-0.05, 0) is 17.7 Å². The van der Waals surface area contributed by atoms with Gasteiger partial charge in [0.2, 0.25) is 0 Å². The van der Waals surface area contributed by atoms with E-state index < -0.39 is 5.82 Å². The molecule has 0 fully saturated rings. The second kappa shape index (κ2) is 5.71. The van der Waals surface area contributed by atoms with Gasteiger partial charge in [-0.3, -0.25) is 0 Å². The Labute approximate surface area is 113 Å². The molecule has 2 aromatic rings. The van der Waals surface area contributed by atoms with Crippen molar-refractivity contribution in [2.75, 3.05) is 0 Å². The molecule has 0 radical (unpaired) electrons. The summed E-state index contributed by atoms with van der Waals surface area (Å²) >= 11 is 12.9. The van der Waals surface area contributed by atoms with E-state index in [2.05, 4.69) is 4.98 Å². The summed E-state index contributed by atoms with van der Waals surface area (Å²) in [4.78, 5) is 3.94. The summed E-state index contributed by atoms with van der Waals surface area (Å²) in [6, 6.07) is 8.72. The lowest BCUT2D eigenvalue weighted by Gasteiger charge is -2.04. The molecule has 1 aromatic heterocycles. The fraction of sp³-hybridized carbons (Fsp3) is 0.0833. The van der Waals surface area contributed by atoms with E-state index in [-0.39, 0.29) is 0 Å². The highest BCUT2D eigenvalue weighted by Gasteiger charge is 2.07. The number of aromatic nitrogens is 1. The lowest BCUT2D eigenvalue weighted by Crippen LogP contribution is -1.88. The molecule has 0 N–H and O–H groups in total. The van der Waals surface area contributed by atoms with Crippen LogP contribution in [0.4, 0.5) is 4.39 Å². The van der Waals surface area contributed by atoms with Gasteiger partial charge in [0.1, 0.15) is 5.03 Å². The van der Waals surface area contributed by atoms with Crippen LogP contribution in [-0.2, 0) is 5.75 Å². The second-order valence-corrected chi connectivity index (χ2v) is 5.13. The highest BCUT2D eigenvalue weighted by atomic mass is 35.5. The molecule has 0 aliphatic carbocycles. The molecule has 2 rings (SSSR count). The van der Waals surface area contributed by atoms with Crippen LogP contribution in [0.1, 0.15) is 5.56 Å². The zero-order valence-corrected chi connectivity index (χ0v) is 11.0. The Kier molecular flexibility index (Phi) is 4.26. The Balaban J connectivity index is 2.10. The molecule has 0 aliphatic heterocycles. The molecular weight excluding hydrogens is 280 g/mol. The smallest absolute Gasteiger partial charge is 0.156 e. The largest absolute Gasteiger partial charge is 0.245 e. The molecular formula is C12H8Cl2FNS. The summed E-state index contributed by atoms with van der Waals surface area (Å²) in [6.45, 7) is 0. The van der Waals surface area contributed by atoms with Crippen LogP contribution in [0.2, 0.25) is 10.0 Å². The quantitative estimate of drug-likeness (QED) is 0.751. The summed E-state index contributed by atoms with van der Waals surface area (Å²) in [6.07, 6.45) is 1.43. The van der Waals surface area contributed by atoms with Crippen LogP contribution in [0.15, 0.2) is 41.6 Å². The zero-order chi connectivity index (χ0) is 12.3. The highest BCUT2D eigenvalue weighted by molar-refractivity contribution is 7.98. The average molecular weight is 288 g/mol. The number of thioether (sulfide) groups is 1. The Morgan fingerprint density at radius 3 is 2.71 bits per heavy atom. The van der Waals surface area contributed by atoms with E-state index in [0.29, 0.717) is 20.8 Å². The van der Waals surface area contributed by atoms with Crippen molar-refractivity contribution >= 4 is 35.0 Å². The predicted octanol–water partition coefficient (Wildman–Crippen LogP) is 4.82. The van der Waals surface area contributed by atoms with Crippen molar-refractivity contribution in [2.45, 2.75) is 10.8 Å². The Morgan fingerprint density at radius 1 is 1.24 bits per heavy atom. The average Bonchev–Trinajstić information content (AvgIpc) is 2.30. The van der Waals surface area contributed by atoms with Crippen LogP contribution >= 0.6 is 35.0 Å². The maximum Gasteiger partial charge on any atom is 0.156 e. The highest BCUT2D eigenvalue weighted by Crippen LogP contribution is 2.27. The van der Waals surface area contributed by atoms with E-state index in [1.54, 1.807) is 0 Å². The molecule has 1 aromatic carbocycles. The first-order valence-electron chi connectivity index (χ1n) is 4.84. The molecule has 0 saturated carbocycles. The van der Waals surface area contributed by atoms with Crippen LogP contribution in [-0.4, -0.2) is 4.98 Å². The van der Waals surface area contributed by atoms with Gasteiger partial charge in [0.15, 0.2) is 5.82 Å². The van der Waals surface area contributed by atoms with Crippen molar-refractivity contribution in [1.82, 2.24) is 4.98 Å². The normalized spacial score (nSPS) is 10.5. The number of halogens is 3. The minimum absolute atomic E-state index is 0.296. The van der Waals surface area contributed by atoms with Gasteiger partial charge < -0.3 is 0 Å². The zero-order valence-electron chi connectivity index (χ0n) is 8.66. The Hall–Kier alpha value is -0.770. The molecule has 1 heterocycles. The minimum atomic E-state index is -0.408. The third-order valence-electron chi connectivity index (χ3n) is 2.10. The number of rotatable bonds is 3. The van der Waals surface area contributed by atoms with Gasteiger partial charge in [0.05, 0.1) is 5.02 Å². The summed E-state index contributed by atoms with van der Waals surface area (Å²) in [5.74, 6) is 0.167. The monoisotopic (exact) mass is 287 g/mol. The van der Waals surface area contributed by atoms with Crippen molar-refractivity contribution < 1.29 is 4.39 Å². The van der Waals surface area contributed by atoms with Crippen molar-refractivity contribution in [2.24, 2.45) is 0 Å². The summed E-state index contributed by atoms with van der Waals surface area (Å²) in [5, 5.41) is 1.30. The third kappa shape index (κ3) is 3.35. The van der Waals surface area contributed by atoms with Crippen LogP contribution < -0.4 is 0 Å². The fourth-order valence-electron chi connectivity index (χ4n) is 1.27. The molecule has 1 nitrogen and oxygen atoms in total. The van der Waals surface area contributed by atoms with Gasteiger partial charge >= 0.3 is 0 Å². The van der Waals surface area contributed by atoms with Crippen LogP contribution in [0, 0.1) is 5.82 Å². The topological polar surface area (TPSA) is 12.9 Å². The number of hydrogen-bond donors (Lipinski definition) is 0. The molecule has 0 saturated heterocycles. The summed E-state index contributed by atoms with van der Waals surface area (Å²) in [7, 11) is 0. The van der Waals surface area contributed by atoms with Gasteiger partial charge in [0.25, 0.3) is 0 Å². The standard InChI is InChI=1S/C12H8Cl2FNS/c13-9-5-11(15)12(16-6-9)17-7-8-3-1-2-4-10(8)14/h1-6H,7H2. The van der Waals surface area contributed by atoms with Gasteiger partial charge in [-0.15, -0.1) is 0 Å². The van der Waals surface area contributed by atoms with E-state index in [1.165, 1.54) is 24.0 Å². The first kappa shape index (κ1) is 12.7. The molecule has 0 aliphatic rings. The summed E-state index contributed by atoms with van der Waals surface area (Å²) in [5.41, 5.74) is 0.954. The molecule has 17 heavy (non-hydrogen) atoms. The predicted molar refractivity (Wildman–Crippen MR) is 70.2 cm³/mol. The molecule has 0 amide bonds. The number of pyridine rings is 1. The lowest BCUT2D eigenvalue weighted by molar-refractivity contribution is 0.588. The molecule has 88 valence electrons. The minimum Gasteiger partial charge on any atom is -0.245 e. The first-order valence-corrected chi connectivity index (χ1v) is 6.58. The summed E-state index contributed by atoms with van der Waals surface area (Å²) < 4.78 is 13.5. The second-order valence-electron chi connectivity index (χ2n) is 3.32. The maximum atomic E-state index is 13.5. The van der Waals surface area contributed by atoms with Gasteiger partial charge in [-0.2, -0.15) is 0 Å². The molecule has 5 heteroatoms. The van der Waals surface area contributed by atoms with Crippen LogP contribution in [0.3, 0.4) is 0 Å². The van der Waals surface area contributed by atoms with Crippen LogP contribution in [0.25, 0.3) is 0 Å². The van der Waals surface area contributed by atoms with Crippen molar-refractivity contribution in [3.8, 4) is 0 Å². The molecule has 0 atom stereocenters. The van der Waals surface area contributed by atoms with E-state index in [0.717, 1.165) is 5.56 Å². The Bertz CT molecular complexity index is 534. The maximum absolute atomic E-state index is 13.5. The molecule has 0 unspecified atom stereocenters. The van der Waals surface area contributed by atoms with Crippen LogP contribution in [0.5, 0.6) is 0 Å². The van der Waals surface area contributed by atoms with Gasteiger partial charge in [-0.25, -0.2) is 9.37 Å². The first-order chi connectivity index (χ1) is 8.16. The number of hydrogen-bond acceptors (Lipinski definition) is 2. The Morgan fingerprint density at radius 2 is 2.00 bits per heavy atom. The van der Waals surface area contributed by atoms with Crippen molar-refractivity contribution in [3.05, 3.63) is 58.0 Å². The molecule has 0 spiro atoms. The van der Waals surface area contributed by atoms with E-state index in [1.807, 2.05) is 24.3 Å². The fourth-order valence-corrected chi connectivity index (χ4v) is 2.56. The van der Waals surface area contributed by atoms with Gasteiger partial charge in [-0.1, -0.05) is 53.2 Å². The number of nitrogens with zero attached hydrogens (tertiary/aromatic N) is 1. The number of benzene rings is 1. The van der Waals surface area contributed by atoms with Crippen molar-refractivity contribution in [1.29, 1.82) is 0 Å². The van der Waals surface area contributed by atoms with Crippen molar-refractivity contribution in [3.63, 3.8) is 0 Å². The lowest BCUT2D eigenvalue weighted by atomic mass is 10.2. The van der Waals surface area contributed by atoms with E-state index in [4.69, 9.17) is 23.2 Å². The third-order valence-corrected chi connectivity index (χ3v) is 3.70. The van der Waals surface area contributed by atoms with E-state index in [9.17, 15) is 4.39 Å². The van der Waals surface area contributed by atoms with Gasteiger partial charge in [0, 0.05) is 17.0 Å². The molecule has 0 bridgehead atoms. The SMILES string of the molecule is Fc1cc(Cl)cnc1SCc1ccccc1Cl.